The Balaban J connectivity index is 1.68. The third-order valence-electron chi connectivity index (χ3n) is 4.78. The molecule has 2 heterocycles. The van der Waals surface area contributed by atoms with E-state index >= 15 is 0 Å². The Kier molecular flexibility index (Phi) is 7.05. The maximum Gasteiger partial charge on any atom is 0.410 e. The molecule has 1 fully saturated rings. The lowest BCUT2D eigenvalue weighted by molar-refractivity contribution is -0.161. The molecule has 7 heteroatoms. The number of carbonyl (C=O) groups is 2. The van der Waals surface area contributed by atoms with Gasteiger partial charge in [-0.1, -0.05) is 24.3 Å². The maximum atomic E-state index is 12.6. The Labute approximate surface area is 177 Å². The van der Waals surface area contributed by atoms with Crippen molar-refractivity contribution in [2.75, 3.05) is 19.6 Å². The number of aromatic nitrogens is 1. The van der Waals surface area contributed by atoms with E-state index in [-0.39, 0.29) is 12.1 Å². The Hall–Kier alpha value is -2.93. The van der Waals surface area contributed by atoms with E-state index in [9.17, 15) is 9.59 Å². The first-order valence-corrected chi connectivity index (χ1v) is 10.2. The first kappa shape index (κ1) is 21.8. The van der Waals surface area contributed by atoms with Gasteiger partial charge in [-0.3, -0.25) is 4.98 Å². The summed E-state index contributed by atoms with van der Waals surface area (Å²) in [6, 6.07) is 12.7. The van der Waals surface area contributed by atoms with Crippen molar-refractivity contribution in [2.45, 2.75) is 45.3 Å². The summed E-state index contributed by atoms with van der Waals surface area (Å²) in [6.07, 6.45) is 4.70. The number of amides is 1. The number of ether oxygens (including phenoxy) is 1. The molecular weight excluding hydrogens is 382 g/mol. The predicted octanol–water partition coefficient (Wildman–Crippen LogP) is 3.71. The zero-order valence-electron chi connectivity index (χ0n) is 17.8. The summed E-state index contributed by atoms with van der Waals surface area (Å²) < 4.78 is 5.52. The van der Waals surface area contributed by atoms with Crippen molar-refractivity contribution < 1.29 is 19.2 Å². The van der Waals surface area contributed by atoms with Crippen LogP contribution in [0.4, 0.5) is 4.79 Å². The molecule has 30 heavy (non-hydrogen) atoms. The van der Waals surface area contributed by atoms with Crippen molar-refractivity contribution in [1.82, 2.24) is 14.9 Å². The third-order valence-corrected chi connectivity index (χ3v) is 4.78. The average Bonchev–Trinajstić information content (AvgIpc) is 2.73. The number of aryl methyl sites for hydroxylation is 1. The monoisotopic (exact) mass is 411 g/mol. The van der Waals surface area contributed by atoms with Crippen molar-refractivity contribution in [3.63, 3.8) is 0 Å². The largest absolute Gasteiger partial charge is 0.444 e. The number of rotatable bonds is 5. The van der Waals surface area contributed by atoms with E-state index < -0.39 is 11.6 Å². The zero-order chi connectivity index (χ0) is 21.6. The summed E-state index contributed by atoms with van der Waals surface area (Å²) in [5.41, 5.74) is 1.04. The lowest BCUT2D eigenvalue weighted by Gasteiger charge is -2.40. The fraction of sp³-hybridized carbons (Fsp3) is 0.435. The first-order chi connectivity index (χ1) is 14.3. The van der Waals surface area contributed by atoms with Crippen LogP contribution in [0.15, 0.2) is 54.9 Å². The van der Waals surface area contributed by atoms with Crippen molar-refractivity contribution in [2.24, 2.45) is 0 Å². The van der Waals surface area contributed by atoms with Gasteiger partial charge in [-0.05, 0) is 57.4 Å². The molecule has 0 aliphatic carbocycles. The minimum Gasteiger partial charge on any atom is -0.444 e. The number of carbonyl (C=O) groups excluding carboxylic acids is 2. The minimum atomic E-state index is -0.556. The fourth-order valence-corrected chi connectivity index (χ4v) is 3.30. The van der Waals surface area contributed by atoms with Crippen LogP contribution in [0.5, 0.6) is 0 Å². The van der Waals surface area contributed by atoms with Crippen molar-refractivity contribution >= 4 is 12.1 Å². The van der Waals surface area contributed by atoms with Gasteiger partial charge in [0.25, 0.3) is 0 Å². The van der Waals surface area contributed by atoms with E-state index in [2.05, 4.69) is 4.98 Å². The van der Waals surface area contributed by atoms with E-state index in [0.717, 1.165) is 12.0 Å². The Bertz CT molecular complexity index is 837. The number of pyridine rings is 1. The summed E-state index contributed by atoms with van der Waals surface area (Å²) in [6.45, 7) is 6.83. The molecule has 1 aliphatic heterocycles. The number of piperazine rings is 1. The quantitative estimate of drug-likeness (QED) is 0.747. The van der Waals surface area contributed by atoms with Crippen LogP contribution >= 0.6 is 0 Å². The maximum absolute atomic E-state index is 12.6. The van der Waals surface area contributed by atoms with Gasteiger partial charge in [-0.25, -0.2) is 9.59 Å². The number of nitrogens with zero attached hydrogens (tertiary/aromatic N) is 3. The zero-order valence-corrected chi connectivity index (χ0v) is 17.8. The van der Waals surface area contributed by atoms with Crippen LogP contribution < -0.4 is 0 Å². The highest BCUT2D eigenvalue weighted by atomic mass is 16.7. The second-order valence-electron chi connectivity index (χ2n) is 8.37. The molecule has 2 aromatic rings. The molecule has 0 bridgehead atoms. The lowest BCUT2D eigenvalue weighted by atomic mass is 10.0. The van der Waals surface area contributed by atoms with Gasteiger partial charge in [-0.15, -0.1) is 5.06 Å². The molecule has 160 valence electrons. The molecule has 0 saturated carbocycles. The van der Waals surface area contributed by atoms with Gasteiger partial charge in [0.05, 0.1) is 18.2 Å². The number of hydroxylamine groups is 2. The van der Waals surface area contributed by atoms with Gasteiger partial charge >= 0.3 is 12.1 Å². The summed E-state index contributed by atoms with van der Waals surface area (Å²) >= 11 is 0. The van der Waals surface area contributed by atoms with Gasteiger partial charge in [-0.2, -0.15) is 0 Å². The Morgan fingerprint density at radius 1 is 1.10 bits per heavy atom. The molecule has 3 rings (SSSR count). The second-order valence-corrected chi connectivity index (χ2v) is 8.37. The van der Waals surface area contributed by atoms with Crippen LogP contribution in [0.1, 0.15) is 43.1 Å². The standard InChI is InChI=1S/C23H29N3O4/c1-23(2,3)29-22(28)25-14-15-26(30-21(27)19-9-5-4-6-10-19)20(17-25)12-11-18-8-7-13-24-16-18/h4-10,13,16,20H,11-12,14-15,17H2,1-3H3. The van der Waals surface area contributed by atoms with Gasteiger partial charge in [0.1, 0.15) is 5.60 Å². The molecule has 0 radical (unpaired) electrons. The minimum absolute atomic E-state index is 0.140. The number of hydrogen-bond acceptors (Lipinski definition) is 6. The van der Waals surface area contributed by atoms with Crippen LogP contribution in [0.3, 0.4) is 0 Å². The van der Waals surface area contributed by atoms with E-state index in [1.54, 1.807) is 40.4 Å². The fourth-order valence-electron chi connectivity index (χ4n) is 3.30. The Morgan fingerprint density at radius 2 is 1.87 bits per heavy atom. The van der Waals surface area contributed by atoms with Gasteiger partial charge in [0.15, 0.2) is 0 Å². The van der Waals surface area contributed by atoms with Crippen molar-refractivity contribution in [3.05, 3.63) is 66.0 Å². The molecule has 7 nitrogen and oxygen atoms in total. The highest BCUT2D eigenvalue weighted by molar-refractivity contribution is 5.89. The molecule has 1 unspecified atom stereocenters. The van der Waals surface area contributed by atoms with E-state index in [1.807, 2.05) is 45.2 Å². The third kappa shape index (κ3) is 6.29. The molecule has 1 aromatic carbocycles. The topological polar surface area (TPSA) is 72.0 Å². The molecule has 1 amide bonds. The number of benzene rings is 1. The Morgan fingerprint density at radius 3 is 2.53 bits per heavy atom. The predicted molar refractivity (Wildman–Crippen MR) is 113 cm³/mol. The van der Waals surface area contributed by atoms with E-state index in [4.69, 9.17) is 9.57 Å². The molecule has 1 atom stereocenters. The highest BCUT2D eigenvalue weighted by Crippen LogP contribution is 2.20. The first-order valence-electron chi connectivity index (χ1n) is 10.2. The normalized spacial score (nSPS) is 17.4. The van der Waals surface area contributed by atoms with Crippen molar-refractivity contribution in [1.29, 1.82) is 0 Å². The SMILES string of the molecule is CC(C)(C)OC(=O)N1CCN(OC(=O)c2ccccc2)C(CCc2cccnc2)C1. The van der Waals surface area contributed by atoms with Gasteiger partial charge in [0.2, 0.25) is 0 Å². The summed E-state index contributed by atoms with van der Waals surface area (Å²) in [7, 11) is 0. The lowest BCUT2D eigenvalue weighted by Crippen LogP contribution is -2.55. The number of hydrogen-bond donors (Lipinski definition) is 0. The van der Waals surface area contributed by atoms with Crippen molar-refractivity contribution in [3.8, 4) is 0 Å². The summed E-state index contributed by atoms with van der Waals surface area (Å²) in [5.74, 6) is -0.396. The highest BCUT2D eigenvalue weighted by Gasteiger charge is 2.34. The molecule has 1 saturated heterocycles. The molecular formula is C23H29N3O4. The van der Waals surface area contributed by atoms with Crippen LogP contribution in [0.2, 0.25) is 0 Å². The molecule has 1 aliphatic rings. The van der Waals surface area contributed by atoms with Gasteiger partial charge < -0.3 is 14.5 Å². The molecule has 0 N–H and O–H groups in total. The van der Waals surface area contributed by atoms with Crippen LogP contribution in [0.25, 0.3) is 0 Å². The average molecular weight is 412 g/mol. The van der Waals surface area contributed by atoms with Crippen LogP contribution in [-0.2, 0) is 16.0 Å². The molecule has 1 aromatic heterocycles. The van der Waals surface area contributed by atoms with Gasteiger partial charge in [0, 0.05) is 25.5 Å². The second kappa shape index (κ2) is 9.71. The summed E-state index contributed by atoms with van der Waals surface area (Å²) in [4.78, 5) is 36.7. The van der Waals surface area contributed by atoms with E-state index in [1.165, 1.54) is 0 Å². The summed E-state index contributed by atoms with van der Waals surface area (Å²) in [5, 5.41) is 1.70. The van der Waals surface area contributed by atoms with Crippen LogP contribution in [-0.4, -0.2) is 58.3 Å². The van der Waals surface area contributed by atoms with Crippen LogP contribution in [0, 0.1) is 0 Å². The van der Waals surface area contributed by atoms with E-state index in [0.29, 0.717) is 31.6 Å². The molecule has 0 spiro atoms. The smallest absolute Gasteiger partial charge is 0.410 e.